The highest BCUT2D eigenvalue weighted by molar-refractivity contribution is 14.0. The number of piperidine rings is 1. The summed E-state index contributed by atoms with van der Waals surface area (Å²) in [5.74, 6) is -0.223. The number of aliphatic imine (C=N–C) groups is 1. The van der Waals surface area contributed by atoms with Crippen LogP contribution in [-0.2, 0) is 6.54 Å². The summed E-state index contributed by atoms with van der Waals surface area (Å²) in [4.78, 5) is 7.06. The molecule has 2 rings (SSSR count). The van der Waals surface area contributed by atoms with Gasteiger partial charge in [0.05, 0.1) is 6.54 Å². The van der Waals surface area contributed by atoms with Gasteiger partial charge in [-0.25, -0.2) is 9.38 Å². The lowest BCUT2D eigenvalue weighted by atomic mass is 9.98. The molecular formula is C19H32FIN4O. The molecule has 0 atom stereocenters. The van der Waals surface area contributed by atoms with E-state index in [9.17, 15) is 9.50 Å². The number of benzene rings is 1. The van der Waals surface area contributed by atoms with E-state index in [1.165, 1.54) is 31.4 Å². The first kappa shape index (κ1) is 23.0. The van der Waals surface area contributed by atoms with Crippen molar-refractivity contribution in [2.75, 3.05) is 26.2 Å². The first-order valence-electron chi connectivity index (χ1n) is 9.17. The van der Waals surface area contributed by atoms with Crippen LogP contribution in [0.3, 0.4) is 0 Å². The Labute approximate surface area is 173 Å². The number of phenols is 1. The number of hydrogen-bond donors (Lipinski definition) is 3. The lowest BCUT2D eigenvalue weighted by molar-refractivity contribution is 0.0982. The van der Waals surface area contributed by atoms with Gasteiger partial charge in [0.15, 0.2) is 17.5 Å². The van der Waals surface area contributed by atoms with Gasteiger partial charge in [0.25, 0.3) is 0 Å². The summed E-state index contributed by atoms with van der Waals surface area (Å²) in [7, 11) is 0. The first-order chi connectivity index (χ1) is 11.9. The minimum absolute atomic E-state index is 0. The van der Waals surface area contributed by atoms with Gasteiger partial charge in [-0.05, 0) is 64.4 Å². The molecular weight excluding hydrogens is 446 g/mol. The van der Waals surface area contributed by atoms with E-state index in [1.807, 2.05) is 6.92 Å². The molecule has 0 bridgehead atoms. The van der Waals surface area contributed by atoms with Crippen LogP contribution in [0.25, 0.3) is 0 Å². The maximum atomic E-state index is 13.4. The number of likely N-dealkylation sites (tertiary alicyclic amines) is 1. The summed E-state index contributed by atoms with van der Waals surface area (Å²) in [6.07, 6.45) is 3.86. The summed E-state index contributed by atoms with van der Waals surface area (Å²) in [6.45, 7) is 10.7. The lowest BCUT2D eigenvalue weighted by Gasteiger charge is -2.41. The molecule has 3 N–H and O–H groups in total. The smallest absolute Gasteiger partial charge is 0.191 e. The Morgan fingerprint density at radius 3 is 2.54 bits per heavy atom. The third-order valence-corrected chi connectivity index (χ3v) is 4.68. The van der Waals surface area contributed by atoms with Crippen LogP contribution in [0.5, 0.6) is 5.75 Å². The van der Waals surface area contributed by atoms with Gasteiger partial charge < -0.3 is 15.7 Å². The molecule has 0 spiro atoms. The van der Waals surface area contributed by atoms with Crippen LogP contribution in [0, 0.1) is 5.82 Å². The van der Waals surface area contributed by atoms with E-state index in [1.54, 1.807) is 6.07 Å². The predicted molar refractivity (Wildman–Crippen MR) is 116 cm³/mol. The van der Waals surface area contributed by atoms with Crippen molar-refractivity contribution in [3.63, 3.8) is 0 Å². The van der Waals surface area contributed by atoms with Crippen molar-refractivity contribution in [3.8, 4) is 5.75 Å². The molecule has 26 heavy (non-hydrogen) atoms. The Morgan fingerprint density at radius 2 is 1.92 bits per heavy atom. The second-order valence-corrected chi connectivity index (χ2v) is 7.19. The first-order valence-corrected chi connectivity index (χ1v) is 9.17. The molecule has 1 aliphatic heterocycles. The largest absolute Gasteiger partial charge is 0.505 e. The quantitative estimate of drug-likeness (QED) is 0.333. The van der Waals surface area contributed by atoms with Crippen molar-refractivity contribution in [1.82, 2.24) is 15.5 Å². The van der Waals surface area contributed by atoms with Crippen molar-refractivity contribution >= 4 is 29.9 Å². The average molecular weight is 478 g/mol. The van der Waals surface area contributed by atoms with Gasteiger partial charge in [0, 0.05) is 18.6 Å². The molecule has 1 fully saturated rings. The third kappa shape index (κ3) is 6.90. The standard InChI is InChI=1S/C19H31FN4O.HI/c1-4-21-18(22-13-15-8-9-17(25)16(20)12-15)23-14-19(2,3)24-10-6-5-7-11-24;/h8-9,12,25H,4-7,10-11,13-14H2,1-3H3,(H2,21,22,23);1H. The zero-order valence-electron chi connectivity index (χ0n) is 16.0. The molecule has 1 aromatic carbocycles. The van der Waals surface area contributed by atoms with E-state index in [0.29, 0.717) is 6.54 Å². The summed E-state index contributed by atoms with van der Waals surface area (Å²) in [5.41, 5.74) is 0.782. The molecule has 1 heterocycles. The van der Waals surface area contributed by atoms with Crippen molar-refractivity contribution in [3.05, 3.63) is 29.6 Å². The molecule has 0 aromatic heterocycles. The van der Waals surface area contributed by atoms with E-state index in [4.69, 9.17) is 0 Å². The number of nitrogens with zero attached hydrogens (tertiary/aromatic N) is 2. The van der Waals surface area contributed by atoms with Crippen molar-refractivity contribution < 1.29 is 9.50 Å². The molecule has 0 saturated carbocycles. The van der Waals surface area contributed by atoms with Crippen LogP contribution in [0.15, 0.2) is 23.2 Å². The van der Waals surface area contributed by atoms with Gasteiger partial charge in [-0.2, -0.15) is 0 Å². The number of hydrogen-bond acceptors (Lipinski definition) is 3. The predicted octanol–water partition coefficient (Wildman–Crippen LogP) is 3.47. The van der Waals surface area contributed by atoms with E-state index in [2.05, 4.69) is 34.4 Å². The second-order valence-electron chi connectivity index (χ2n) is 7.19. The Kier molecular flexibility index (Phi) is 9.63. The zero-order valence-corrected chi connectivity index (χ0v) is 18.3. The number of nitrogens with one attached hydrogen (secondary N) is 2. The van der Waals surface area contributed by atoms with Crippen LogP contribution in [0.4, 0.5) is 4.39 Å². The minimum atomic E-state index is -0.614. The zero-order chi connectivity index (χ0) is 18.3. The molecule has 1 aromatic rings. The van der Waals surface area contributed by atoms with Gasteiger partial charge in [-0.15, -0.1) is 24.0 Å². The van der Waals surface area contributed by atoms with Gasteiger partial charge in [0.2, 0.25) is 0 Å². The highest BCUT2D eigenvalue weighted by atomic mass is 127. The van der Waals surface area contributed by atoms with Crippen molar-refractivity contribution in [2.24, 2.45) is 4.99 Å². The fraction of sp³-hybridized carbons (Fsp3) is 0.632. The third-order valence-electron chi connectivity index (χ3n) is 4.68. The van der Waals surface area contributed by atoms with Crippen molar-refractivity contribution in [2.45, 2.75) is 52.1 Å². The second kappa shape index (κ2) is 10.9. The van der Waals surface area contributed by atoms with Crippen LogP contribution < -0.4 is 10.6 Å². The van der Waals surface area contributed by atoms with Crippen LogP contribution in [0.1, 0.15) is 45.6 Å². The molecule has 5 nitrogen and oxygen atoms in total. The van der Waals surface area contributed by atoms with E-state index in [0.717, 1.165) is 37.7 Å². The Morgan fingerprint density at radius 1 is 1.23 bits per heavy atom. The highest BCUT2D eigenvalue weighted by Crippen LogP contribution is 2.20. The topological polar surface area (TPSA) is 59.9 Å². The molecule has 1 aliphatic rings. The molecule has 148 valence electrons. The summed E-state index contributed by atoms with van der Waals surface area (Å²) in [5, 5.41) is 15.9. The number of aromatic hydroxyl groups is 1. The molecule has 0 radical (unpaired) electrons. The number of rotatable bonds is 6. The Balaban J connectivity index is 0.00000338. The van der Waals surface area contributed by atoms with Crippen molar-refractivity contribution in [1.29, 1.82) is 0 Å². The summed E-state index contributed by atoms with van der Waals surface area (Å²) >= 11 is 0. The van der Waals surface area contributed by atoms with Crippen LogP contribution in [0.2, 0.25) is 0 Å². The summed E-state index contributed by atoms with van der Waals surface area (Å²) in [6, 6.07) is 4.36. The maximum absolute atomic E-state index is 13.4. The Bertz CT molecular complexity index is 589. The normalized spacial score (nSPS) is 16.1. The number of phenolic OH excluding ortho intramolecular Hbond substituents is 1. The molecule has 0 aliphatic carbocycles. The highest BCUT2D eigenvalue weighted by Gasteiger charge is 2.27. The number of halogens is 2. The maximum Gasteiger partial charge on any atom is 0.191 e. The number of guanidine groups is 1. The van der Waals surface area contributed by atoms with Gasteiger partial charge in [0.1, 0.15) is 0 Å². The lowest BCUT2D eigenvalue weighted by Crippen LogP contribution is -2.54. The van der Waals surface area contributed by atoms with Gasteiger partial charge in [-0.3, -0.25) is 4.90 Å². The minimum Gasteiger partial charge on any atom is -0.505 e. The SMILES string of the molecule is CCNC(=NCc1ccc(O)c(F)c1)NCC(C)(C)N1CCCCC1.I. The Hall–Kier alpha value is -1.09. The molecule has 0 amide bonds. The van der Waals surface area contributed by atoms with E-state index in [-0.39, 0.29) is 35.3 Å². The van der Waals surface area contributed by atoms with E-state index >= 15 is 0 Å². The molecule has 0 unspecified atom stereocenters. The summed E-state index contributed by atoms with van der Waals surface area (Å²) < 4.78 is 13.4. The fourth-order valence-electron chi connectivity index (χ4n) is 3.07. The van der Waals surface area contributed by atoms with Crippen LogP contribution in [-0.4, -0.2) is 47.7 Å². The molecule has 7 heteroatoms. The average Bonchev–Trinajstić information content (AvgIpc) is 2.61. The van der Waals surface area contributed by atoms with Gasteiger partial charge in [-0.1, -0.05) is 12.5 Å². The van der Waals surface area contributed by atoms with Gasteiger partial charge >= 0.3 is 0 Å². The molecule has 1 saturated heterocycles. The monoisotopic (exact) mass is 478 g/mol. The fourth-order valence-corrected chi connectivity index (χ4v) is 3.07. The van der Waals surface area contributed by atoms with E-state index < -0.39 is 5.82 Å². The van der Waals surface area contributed by atoms with Crippen LogP contribution >= 0.6 is 24.0 Å².